The van der Waals surface area contributed by atoms with E-state index in [1.165, 1.54) is 11.3 Å². The first-order valence-corrected chi connectivity index (χ1v) is 10.4. The van der Waals surface area contributed by atoms with Crippen molar-refractivity contribution in [3.63, 3.8) is 0 Å². The first-order chi connectivity index (χ1) is 14.7. The number of thiophene rings is 1. The molecule has 1 N–H and O–H groups in total. The number of carbonyl (C=O) groups is 1. The van der Waals surface area contributed by atoms with Gasteiger partial charge in [-0.1, -0.05) is 18.2 Å². The molecule has 0 bridgehead atoms. The van der Waals surface area contributed by atoms with Gasteiger partial charge in [0.25, 0.3) is 0 Å². The first-order valence-electron chi connectivity index (χ1n) is 9.59. The smallest absolute Gasteiger partial charge is 0.348 e. The second kappa shape index (κ2) is 8.80. The van der Waals surface area contributed by atoms with Gasteiger partial charge >= 0.3 is 5.97 Å². The van der Waals surface area contributed by atoms with Crippen LogP contribution in [0.2, 0.25) is 0 Å². The number of benzene rings is 2. The second-order valence-electron chi connectivity index (χ2n) is 6.72. The van der Waals surface area contributed by atoms with E-state index in [1.54, 1.807) is 13.3 Å². The molecular weight excluding hydrogens is 396 g/mol. The van der Waals surface area contributed by atoms with Crippen LogP contribution < -0.4 is 5.32 Å². The number of carbonyl (C=O) groups excluding carboxylic acids is 1. The van der Waals surface area contributed by atoms with Crippen LogP contribution in [-0.2, 0) is 17.8 Å². The SMILES string of the molecule is CCOC(=O)c1cc2c(NCc3cncn3Cc3ccc(C#N)cc3)cccc2s1. The van der Waals surface area contributed by atoms with E-state index in [4.69, 9.17) is 10.00 Å². The predicted molar refractivity (Wildman–Crippen MR) is 118 cm³/mol. The maximum atomic E-state index is 12.1. The number of rotatable bonds is 7. The number of aromatic nitrogens is 2. The molecule has 0 aliphatic carbocycles. The Morgan fingerprint density at radius 2 is 2.10 bits per heavy atom. The number of hydrogen-bond acceptors (Lipinski definition) is 6. The lowest BCUT2D eigenvalue weighted by molar-refractivity contribution is 0.0532. The maximum Gasteiger partial charge on any atom is 0.348 e. The molecule has 2 heterocycles. The summed E-state index contributed by atoms with van der Waals surface area (Å²) in [6.07, 6.45) is 3.65. The molecule has 2 aromatic heterocycles. The number of nitrogens with one attached hydrogen (secondary N) is 1. The summed E-state index contributed by atoms with van der Waals surface area (Å²) in [5.74, 6) is -0.287. The number of imidazole rings is 1. The predicted octanol–water partition coefficient (Wildman–Crippen LogP) is 4.81. The lowest BCUT2D eigenvalue weighted by atomic mass is 10.1. The fraction of sp³-hybridized carbons (Fsp3) is 0.174. The summed E-state index contributed by atoms with van der Waals surface area (Å²) in [6.45, 7) is 3.44. The Morgan fingerprint density at radius 3 is 2.87 bits per heavy atom. The number of esters is 1. The minimum atomic E-state index is -0.287. The van der Waals surface area contributed by atoms with Gasteiger partial charge in [-0.25, -0.2) is 9.78 Å². The fourth-order valence-corrected chi connectivity index (χ4v) is 4.20. The van der Waals surface area contributed by atoms with Crippen LogP contribution in [0.3, 0.4) is 0 Å². The highest BCUT2D eigenvalue weighted by Gasteiger charge is 2.13. The van der Waals surface area contributed by atoms with Crippen LogP contribution >= 0.6 is 11.3 Å². The minimum Gasteiger partial charge on any atom is -0.462 e. The lowest BCUT2D eigenvalue weighted by Crippen LogP contribution is -2.08. The molecule has 0 aliphatic heterocycles. The van der Waals surface area contributed by atoms with E-state index in [9.17, 15) is 4.79 Å². The third-order valence-electron chi connectivity index (χ3n) is 4.73. The van der Waals surface area contributed by atoms with E-state index in [0.29, 0.717) is 30.1 Å². The van der Waals surface area contributed by atoms with Crippen molar-refractivity contribution in [3.8, 4) is 6.07 Å². The summed E-state index contributed by atoms with van der Waals surface area (Å²) in [5.41, 5.74) is 3.76. The monoisotopic (exact) mass is 416 g/mol. The van der Waals surface area contributed by atoms with E-state index in [-0.39, 0.29) is 5.97 Å². The van der Waals surface area contributed by atoms with Gasteiger partial charge in [0.1, 0.15) is 4.88 Å². The molecule has 4 rings (SSSR count). The zero-order valence-corrected chi connectivity index (χ0v) is 17.3. The fourth-order valence-electron chi connectivity index (χ4n) is 3.22. The van der Waals surface area contributed by atoms with Gasteiger partial charge in [-0.15, -0.1) is 11.3 Å². The molecule has 6 nitrogen and oxygen atoms in total. The number of hydrogen-bond donors (Lipinski definition) is 1. The van der Waals surface area contributed by atoms with E-state index in [1.807, 2.05) is 54.7 Å². The maximum absolute atomic E-state index is 12.1. The molecular formula is C23H20N4O2S. The van der Waals surface area contributed by atoms with Crippen LogP contribution in [0.5, 0.6) is 0 Å². The van der Waals surface area contributed by atoms with Crippen molar-refractivity contribution < 1.29 is 9.53 Å². The van der Waals surface area contributed by atoms with Gasteiger partial charge in [0.15, 0.2) is 0 Å². The van der Waals surface area contributed by atoms with Crippen molar-refractivity contribution in [1.29, 1.82) is 5.26 Å². The number of nitriles is 1. The quantitative estimate of drug-likeness (QED) is 0.438. The molecule has 0 aliphatic rings. The Labute approximate surface area is 178 Å². The summed E-state index contributed by atoms with van der Waals surface area (Å²) < 4.78 is 8.24. The summed E-state index contributed by atoms with van der Waals surface area (Å²) >= 11 is 1.44. The molecule has 0 fully saturated rings. The summed E-state index contributed by atoms with van der Waals surface area (Å²) in [7, 11) is 0. The van der Waals surface area contributed by atoms with Gasteiger partial charge in [0.2, 0.25) is 0 Å². The molecule has 30 heavy (non-hydrogen) atoms. The van der Waals surface area contributed by atoms with E-state index in [0.717, 1.165) is 27.0 Å². The average molecular weight is 417 g/mol. The van der Waals surface area contributed by atoms with Crippen LogP contribution in [0.1, 0.15) is 33.4 Å². The van der Waals surface area contributed by atoms with Crippen LogP contribution in [0.25, 0.3) is 10.1 Å². The molecule has 150 valence electrons. The molecule has 7 heteroatoms. The Kier molecular flexibility index (Phi) is 5.77. The normalized spacial score (nSPS) is 10.7. The molecule has 0 unspecified atom stereocenters. The number of ether oxygens (including phenoxy) is 1. The lowest BCUT2D eigenvalue weighted by Gasteiger charge is -2.11. The largest absolute Gasteiger partial charge is 0.462 e. The molecule has 2 aromatic carbocycles. The van der Waals surface area contributed by atoms with E-state index >= 15 is 0 Å². The number of anilines is 1. The Bertz CT molecular complexity index is 1220. The van der Waals surface area contributed by atoms with Crippen molar-refractivity contribution in [3.05, 3.63) is 82.8 Å². The third-order valence-corrected chi connectivity index (χ3v) is 5.81. The van der Waals surface area contributed by atoms with Gasteiger partial charge in [-0.3, -0.25) is 0 Å². The van der Waals surface area contributed by atoms with E-state index < -0.39 is 0 Å². The van der Waals surface area contributed by atoms with Crippen LogP contribution in [0.4, 0.5) is 5.69 Å². The van der Waals surface area contributed by atoms with Crippen molar-refractivity contribution in [2.24, 2.45) is 0 Å². The first kappa shape index (κ1) is 19.7. The molecule has 0 spiro atoms. The highest BCUT2D eigenvalue weighted by atomic mass is 32.1. The average Bonchev–Trinajstić information content (AvgIpc) is 3.40. The molecule has 0 radical (unpaired) electrons. The molecule has 0 saturated heterocycles. The highest BCUT2D eigenvalue weighted by molar-refractivity contribution is 7.20. The molecule has 0 saturated carbocycles. The molecule has 0 atom stereocenters. The Morgan fingerprint density at radius 1 is 1.27 bits per heavy atom. The molecule has 0 amide bonds. The summed E-state index contributed by atoms with van der Waals surface area (Å²) in [5, 5.41) is 13.4. The van der Waals surface area contributed by atoms with Gasteiger partial charge in [0.05, 0.1) is 36.8 Å². The molecule has 4 aromatic rings. The van der Waals surface area contributed by atoms with E-state index in [2.05, 4.69) is 20.9 Å². The van der Waals surface area contributed by atoms with Gasteiger partial charge in [0, 0.05) is 28.5 Å². The highest BCUT2D eigenvalue weighted by Crippen LogP contribution is 2.32. The number of fused-ring (bicyclic) bond motifs is 1. The van der Waals surface area contributed by atoms with Crippen molar-refractivity contribution in [2.75, 3.05) is 11.9 Å². The van der Waals surface area contributed by atoms with Crippen LogP contribution in [-0.4, -0.2) is 22.1 Å². The van der Waals surface area contributed by atoms with Gasteiger partial charge < -0.3 is 14.6 Å². The van der Waals surface area contributed by atoms with Gasteiger partial charge in [-0.2, -0.15) is 5.26 Å². The van der Waals surface area contributed by atoms with Crippen LogP contribution in [0.15, 0.2) is 61.1 Å². The Hall–Kier alpha value is -3.63. The third kappa shape index (κ3) is 4.19. The minimum absolute atomic E-state index is 0.287. The summed E-state index contributed by atoms with van der Waals surface area (Å²) in [4.78, 5) is 17.0. The summed E-state index contributed by atoms with van der Waals surface area (Å²) in [6, 6.07) is 17.6. The van der Waals surface area contributed by atoms with Crippen molar-refractivity contribution in [1.82, 2.24) is 9.55 Å². The topological polar surface area (TPSA) is 79.9 Å². The standard InChI is InChI=1S/C23H20N4O2S/c1-2-29-23(28)22-10-19-20(4-3-5-21(19)30-22)26-13-18-12-25-15-27(18)14-17-8-6-16(11-24)7-9-17/h3-10,12,15,26H,2,13-14H2,1H3. The number of nitrogens with zero attached hydrogens (tertiary/aromatic N) is 3. The van der Waals surface area contributed by atoms with Gasteiger partial charge in [-0.05, 0) is 42.8 Å². The van der Waals surface area contributed by atoms with Crippen molar-refractivity contribution >= 4 is 33.1 Å². The van der Waals surface area contributed by atoms with Crippen LogP contribution in [0, 0.1) is 11.3 Å². The zero-order valence-electron chi connectivity index (χ0n) is 16.5. The Balaban J connectivity index is 1.50. The zero-order chi connectivity index (χ0) is 20.9. The second-order valence-corrected chi connectivity index (χ2v) is 7.81. The van der Waals surface area contributed by atoms with Crippen molar-refractivity contribution in [2.45, 2.75) is 20.0 Å².